The summed E-state index contributed by atoms with van der Waals surface area (Å²) in [6.45, 7) is 0. The molecule has 2 aromatic heterocycles. The third-order valence-corrected chi connectivity index (χ3v) is 14.5. The van der Waals surface area contributed by atoms with Gasteiger partial charge < -0.3 is 4.57 Å². The zero-order valence-corrected chi connectivity index (χ0v) is 33.2. The third-order valence-electron chi connectivity index (χ3n) is 13.2. The van der Waals surface area contributed by atoms with Crippen LogP contribution < -0.4 is 0 Å². The molecule has 9 aromatic carbocycles. The van der Waals surface area contributed by atoms with Crippen molar-refractivity contribution in [2.75, 3.05) is 0 Å². The largest absolute Gasteiger partial charge is 0.309 e. The molecule has 13 rings (SSSR count). The Morgan fingerprint density at radius 3 is 1.95 bits per heavy atom. The van der Waals surface area contributed by atoms with E-state index in [0.717, 1.165) is 19.3 Å². The van der Waals surface area contributed by atoms with Crippen LogP contribution in [0.3, 0.4) is 0 Å². The third kappa shape index (κ3) is 5.14. The molecule has 4 heterocycles. The summed E-state index contributed by atoms with van der Waals surface area (Å²) in [5, 5.41) is 12.8. The topological polar surface area (TPSA) is 17.3 Å². The Hall–Kier alpha value is -6.81. The normalized spacial score (nSPS) is 16.8. The number of hydrogen-bond acceptors (Lipinski definition) is 2. The number of rotatable bonds is 2. The number of allylic oxidation sites excluding steroid dienone is 1. The van der Waals surface area contributed by atoms with Crippen molar-refractivity contribution in [3.63, 3.8) is 0 Å². The van der Waals surface area contributed by atoms with E-state index in [1.165, 1.54) is 114 Å². The van der Waals surface area contributed by atoms with Gasteiger partial charge in [-0.25, -0.2) is 0 Å². The lowest BCUT2D eigenvalue weighted by Crippen LogP contribution is -2.21. The highest BCUT2D eigenvalue weighted by atomic mass is 32.1. The van der Waals surface area contributed by atoms with Crippen molar-refractivity contribution in [1.82, 2.24) is 4.57 Å². The first kappa shape index (κ1) is 33.2. The lowest BCUT2D eigenvalue weighted by Gasteiger charge is -2.32. The fourth-order valence-electron chi connectivity index (χ4n) is 10.5. The zero-order valence-electron chi connectivity index (χ0n) is 32.4. The van der Waals surface area contributed by atoms with E-state index < -0.39 is 0 Å². The van der Waals surface area contributed by atoms with Crippen LogP contribution in [0.25, 0.3) is 85.6 Å². The van der Waals surface area contributed by atoms with Crippen molar-refractivity contribution in [2.45, 2.75) is 25.3 Å². The van der Waals surface area contributed by atoms with Gasteiger partial charge >= 0.3 is 0 Å². The number of fused-ring (bicyclic) bond motifs is 15. The molecule has 0 N–H and O–H groups in total. The summed E-state index contributed by atoms with van der Waals surface area (Å²) in [5.41, 5.74) is 11.5. The van der Waals surface area contributed by atoms with Crippen LogP contribution in [0.4, 0.5) is 0 Å². The number of benzene rings is 9. The highest BCUT2D eigenvalue weighted by molar-refractivity contribution is 7.26. The molecule has 0 saturated carbocycles. The van der Waals surface area contributed by atoms with E-state index in [4.69, 9.17) is 4.99 Å². The van der Waals surface area contributed by atoms with Gasteiger partial charge in [-0.3, -0.25) is 4.99 Å². The van der Waals surface area contributed by atoms with E-state index in [1.54, 1.807) is 0 Å². The molecule has 3 heteroatoms. The Morgan fingerprint density at radius 2 is 1.15 bits per heavy atom. The Kier molecular flexibility index (Phi) is 7.23. The first-order valence-corrected chi connectivity index (χ1v) is 21.7. The Bertz CT molecular complexity index is 3620. The minimum Gasteiger partial charge on any atom is -0.309 e. The second kappa shape index (κ2) is 12.8. The van der Waals surface area contributed by atoms with Crippen LogP contribution in [0.1, 0.15) is 41.1 Å². The van der Waals surface area contributed by atoms with Gasteiger partial charge in [0.25, 0.3) is 0 Å². The summed E-state index contributed by atoms with van der Waals surface area (Å²) < 4.78 is 5.24. The summed E-state index contributed by atoms with van der Waals surface area (Å²) in [7, 11) is 0. The highest BCUT2D eigenvalue weighted by Crippen LogP contribution is 2.51. The molecule has 0 amide bonds. The van der Waals surface area contributed by atoms with Crippen LogP contribution in [0.15, 0.2) is 187 Å². The van der Waals surface area contributed by atoms with Crippen LogP contribution in [0.2, 0.25) is 0 Å². The molecule has 11 aromatic rings. The number of aliphatic imine (C=N–C) groups is 1. The lowest BCUT2D eigenvalue weighted by molar-refractivity contribution is 0.535. The van der Waals surface area contributed by atoms with E-state index in [2.05, 4.69) is 187 Å². The van der Waals surface area contributed by atoms with Crippen LogP contribution >= 0.6 is 11.3 Å². The lowest BCUT2D eigenvalue weighted by atomic mass is 9.77. The summed E-state index contributed by atoms with van der Waals surface area (Å²) >= 11 is 1.94. The van der Waals surface area contributed by atoms with E-state index >= 15 is 0 Å². The molecule has 2 aliphatic rings. The maximum absolute atomic E-state index is 6.17. The molecule has 0 radical (unpaired) electrons. The van der Waals surface area contributed by atoms with E-state index in [0.29, 0.717) is 0 Å². The fourth-order valence-corrected chi connectivity index (χ4v) is 11.7. The van der Waals surface area contributed by atoms with Crippen molar-refractivity contribution in [3.8, 4) is 5.69 Å². The summed E-state index contributed by atoms with van der Waals surface area (Å²) in [6, 6.07) is 66.0. The molecule has 2 unspecified atom stereocenters. The monoisotopic (exact) mass is 770 g/mol. The molecule has 0 spiro atoms. The summed E-state index contributed by atoms with van der Waals surface area (Å²) in [6.07, 6.45) is 5.24. The van der Waals surface area contributed by atoms with E-state index in [1.807, 2.05) is 11.3 Å². The Balaban J connectivity index is 1.16. The molecule has 0 fully saturated rings. The minimum atomic E-state index is -0.163. The number of thiophene rings is 1. The fraction of sp³-hybridized carbons (Fsp3) is 0.0893. The molecule has 0 saturated heterocycles. The predicted molar refractivity (Wildman–Crippen MR) is 253 cm³/mol. The smallest absolute Gasteiger partial charge is 0.0858 e. The SMILES string of the molecule is C1=C(c2ccc3ccccc3c2)C2Cc3ccc4c5cc6ccccc6cc5n(c4c3)-c3ccc4c(sc5ccccc54)c3C2N=C(c2ccc3ccccc3c2)CC1. The minimum absolute atomic E-state index is 0.0793. The van der Waals surface area contributed by atoms with Crippen LogP contribution in [0, 0.1) is 5.92 Å². The van der Waals surface area contributed by atoms with Crippen LogP contribution in [0.5, 0.6) is 0 Å². The molecular formula is C56H38N2S. The van der Waals surface area contributed by atoms with Crippen LogP contribution in [-0.4, -0.2) is 10.3 Å². The molecule has 2 bridgehead atoms. The number of hydrogen-bond donors (Lipinski definition) is 0. The Labute approximate surface area is 346 Å². The van der Waals surface area contributed by atoms with Gasteiger partial charge in [0, 0.05) is 48.1 Å². The molecule has 2 nitrogen and oxygen atoms in total. The average molecular weight is 771 g/mol. The Morgan fingerprint density at radius 1 is 0.508 bits per heavy atom. The van der Waals surface area contributed by atoms with Crippen LogP contribution in [-0.2, 0) is 6.42 Å². The molecule has 278 valence electrons. The van der Waals surface area contributed by atoms with E-state index in [9.17, 15) is 0 Å². The van der Waals surface area contributed by atoms with Crippen molar-refractivity contribution in [3.05, 3.63) is 204 Å². The van der Waals surface area contributed by atoms with Crippen molar-refractivity contribution >= 4 is 96.9 Å². The maximum atomic E-state index is 6.17. The summed E-state index contributed by atoms with van der Waals surface area (Å²) in [5.74, 6) is 0.0793. The van der Waals surface area contributed by atoms with Gasteiger partial charge in [-0.15, -0.1) is 11.3 Å². The van der Waals surface area contributed by atoms with Gasteiger partial charge in [-0.1, -0.05) is 140 Å². The number of aromatic nitrogens is 1. The molecule has 0 aliphatic carbocycles. The average Bonchev–Trinajstić information content (AvgIpc) is 3.81. The maximum Gasteiger partial charge on any atom is 0.0858 e. The number of nitrogens with zero attached hydrogens (tertiary/aromatic N) is 2. The van der Waals surface area contributed by atoms with Gasteiger partial charge in [0.2, 0.25) is 0 Å². The van der Waals surface area contributed by atoms with Gasteiger partial charge in [-0.2, -0.15) is 0 Å². The zero-order chi connectivity index (χ0) is 38.6. The van der Waals surface area contributed by atoms with Gasteiger partial charge in [0.15, 0.2) is 0 Å². The first-order valence-electron chi connectivity index (χ1n) is 20.9. The quantitative estimate of drug-likeness (QED) is 0.167. The highest BCUT2D eigenvalue weighted by Gasteiger charge is 2.35. The first-order chi connectivity index (χ1) is 29.2. The standard InChI is InChI=1S/C56H38N2S/c1-3-12-37-30-41(23-21-35(37)10-1)43-17-9-18-49(42-24-22-36-11-2-4-13-38(36)31-42)57-55-48(43)28-34-20-25-44-47-32-39-14-5-6-15-40(39)33-52(47)58(51(44)29-34)50-27-26-46-45-16-7-8-19-53(45)59-56(46)54(50)55/h1-8,10-17,19-27,29-33,48,55H,9,18,28H2. The molecular weight excluding hydrogens is 733 g/mol. The predicted octanol–water partition coefficient (Wildman–Crippen LogP) is 15.2. The van der Waals surface area contributed by atoms with Gasteiger partial charge in [-0.05, 0) is 116 Å². The van der Waals surface area contributed by atoms with Crippen molar-refractivity contribution < 1.29 is 0 Å². The molecule has 2 aliphatic heterocycles. The van der Waals surface area contributed by atoms with Crippen molar-refractivity contribution in [2.24, 2.45) is 10.9 Å². The molecule has 59 heavy (non-hydrogen) atoms. The van der Waals surface area contributed by atoms with Gasteiger partial charge in [0.1, 0.15) is 0 Å². The van der Waals surface area contributed by atoms with Gasteiger partial charge in [0.05, 0.1) is 22.8 Å². The second-order valence-corrected chi connectivity index (χ2v) is 17.6. The van der Waals surface area contributed by atoms with Crippen molar-refractivity contribution in [1.29, 1.82) is 0 Å². The summed E-state index contributed by atoms with van der Waals surface area (Å²) in [4.78, 5) is 6.17. The van der Waals surface area contributed by atoms with E-state index in [-0.39, 0.29) is 12.0 Å². The second-order valence-electron chi connectivity index (χ2n) is 16.5. The molecule has 2 atom stereocenters.